The number of anilines is 1. The van der Waals surface area contributed by atoms with Gasteiger partial charge in [-0.1, -0.05) is 0 Å². The standard InChI is InChI=1S/C18H20N4O2S2.Au/c23-22(24)17-5-1-14(2-6-17)13-19-15-3-7-16(8-4-15)20-9-11-21(12-10-20)18(25)26;/h1-8,13,18,25-26H,9-12H2;/p-2. The van der Waals surface area contributed by atoms with Crippen LogP contribution in [0.15, 0.2) is 53.5 Å². The van der Waals surface area contributed by atoms with E-state index in [0.717, 1.165) is 43.1 Å². The topological polar surface area (TPSA) is 62.0 Å². The van der Waals surface area contributed by atoms with Gasteiger partial charge in [-0.05, 0) is 42.0 Å². The van der Waals surface area contributed by atoms with Crippen LogP contribution in [0.3, 0.4) is 0 Å². The second kappa shape index (κ2) is 10.3. The number of rotatable bonds is 5. The van der Waals surface area contributed by atoms with Gasteiger partial charge in [-0.15, -0.1) is 0 Å². The Balaban J connectivity index is 0.00000261. The molecule has 0 bridgehead atoms. The Morgan fingerprint density at radius 2 is 1.59 bits per heavy atom. The zero-order valence-corrected chi connectivity index (χ0v) is 18.1. The first-order valence-electron chi connectivity index (χ1n) is 8.22. The predicted molar refractivity (Wildman–Crippen MR) is 109 cm³/mol. The fraction of sp³-hybridized carbons (Fsp3) is 0.278. The van der Waals surface area contributed by atoms with E-state index in [0.29, 0.717) is 0 Å². The fourth-order valence-electron chi connectivity index (χ4n) is 2.77. The van der Waals surface area contributed by atoms with Crippen LogP contribution in [0, 0.1) is 10.1 Å². The van der Waals surface area contributed by atoms with Crippen molar-refractivity contribution in [3.8, 4) is 0 Å². The molecule has 1 aliphatic heterocycles. The number of aliphatic imine (C=N–C) groups is 1. The number of nitro groups is 1. The van der Waals surface area contributed by atoms with Crippen molar-refractivity contribution in [3.05, 3.63) is 64.2 Å². The van der Waals surface area contributed by atoms with E-state index < -0.39 is 4.92 Å². The SMILES string of the molecule is O=[N+]([O-])c1ccc(C=Nc2ccc(N3CCN(C([S-])[S-])CC3)cc2)cc1.[Au]. The summed E-state index contributed by atoms with van der Waals surface area (Å²) >= 11 is 10.3. The van der Waals surface area contributed by atoms with Crippen LogP contribution in [0.2, 0.25) is 0 Å². The van der Waals surface area contributed by atoms with Crippen LogP contribution in [0.25, 0.3) is 0 Å². The zero-order chi connectivity index (χ0) is 18.5. The number of piperazine rings is 1. The van der Waals surface area contributed by atoms with Gasteiger partial charge in [-0.2, -0.15) is 0 Å². The minimum absolute atomic E-state index is 0. The van der Waals surface area contributed by atoms with Crippen molar-refractivity contribution in [2.45, 2.75) is 4.71 Å². The van der Waals surface area contributed by atoms with Crippen LogP contribution < -0.4 is 4.90 Å². The molecular weight excluding hydrogens is 565 g/mol. The number of hydrogen-bond acceptors (Lipinski definition) is 7. The molecule has 2 aromatic carbocycles. The Bertz CT molecular complexity index is 777. The zero-order valence-electron chi connectivity index (χ0n) is 14.3. The van der Waals surface area contributed by atoms with Crippen molar-refractivity contribution in [1.82, 2.24) is 4.90 Å². The van der Waals surface area contributed by atoms with Crippen molar-refractivity contribution in [2.24, 2.45) is 4.99 Å². The van der Waals surface area contributed by atoms with Gasteiger partial charge in [0.2, 0.25) is 0 Å². The van der Waals surface area contributed by atoms with E-state index in [1.54, 1.807) is 18.3 Å². The maximum atomic E-state index is 10.7. The van der Waals surface area contributed by atoms with Crippen molar-refractivity contribution in [2.75, 3.05) is 31.1 Å². The molecule has 0 aliphatic carbocycles. The van der Waals surface area contributed by atoms with Gasteiger partial charge in [-0.25, -0.2) is 4.71 Å². The Morgan fingerprint density at radius 3 is 2.11 bits per heavy atom. The number of benzene rings is 2. The Hall–Kier alpha value is -1.29. The third kappa shape index (κ3) is 6.10. The Kier molecular flexibility index (Phi) is 8.40. The van der Waals surface area contributed by atoms with E-state index in [2.05, 4.69) is 26.9 Å². The first-order chi connectivity index (χ1) is 12.5. The summed E-state index contributed by atoms with van der Waals surface area (Å²) in [5.41, 5.74) is 2.88. The van der Waals surface area contributed by atoms with Crippen molar-refractivity contribution in [3.63, 3.8) is 0 Å². The molecule has 1 aliphatic rings. The largest absolute Gasteiger partial charge is 0.800 e. The van der Waals surface area contributed by atoms with Gasteiger partial charge in [0, 0.05) is 72.6 Å². The second-order valence-electron chi connectivity index (χ2n) is 5.95. The molecule has 0 amide bonds. The third-order valence-corrected chi connectivity index (χ3v) is 4.89. The molecule has 1 heterocycles. The molecule has 0 aromatic heterocycles. The summed E-state index contributed by atoms with van der Waals surface area (Å²) in [6.45, 7) is 3.60. The summed E-state index contributed by atoms with van der Waals surface area (Å²) in [7, 11) is 0. The van der Waals surface area contributed by atoms with Gasteiger partial charge in [0.1, 0.15) is 0 Å². The molecule has 0 atom stereocenters. The van der Waals surface area contributed by atoms with E-state index in [9.17, 15) is 10.1 Å². The summed E-state index contributed by atoms with van der Waals surface area (Å²) in [5.74, 6) is 0. The van der Waals surface area contributed by atoms with E-state index in [1.807, 2.05) is 12.1 Å². The molecule has 1 saturated heterocycles. The van der Waals surface area contributed by atoms with Crippen molar-refractivity contribution in [1.29, 1.82) is 0 Å². The summed E-state index contributed by atoms with van der Waals surface area (Å²) in [5, 5.41) is 10.7. The van der Waals surface area contributed by atoms with Crippen LogP contribution in [-0.4, -0.2) is 46.9 Å². The summed E-state index contributed by atoms with van der Waals surface area (Å²) in [6.07, 6.45) is 1.70. The molecule has 1 radical (unpaired) electrons. The van der Waals surface area contributed by atoms with Crippen LogP contribution in [0.5, 0.6) is 0 Å². The van der Waals surface area contributed by atoms with Gasteiger partial charge >= 0.3 is 0 Å². The van der Waals surface area contributed by atoms with E-state index in [1.165, 1.54) is 12.1 Å². The third-order valence-electron chi connectivity index (χ3n) is 4.29. The Labute approximate surface area is 185 Å². The summed E-state index contributed by atoms with van der Waals surface area (Å²) < 4.78 is -0.228. The molecule has 147 valence electrons. The van der Waals surface area contributed by atoms with Crippen LogP contribution >= 0.6 is 0 Å². The average Bonchev–Trinajstić information content (AvgIpc) is 2.67. The molecule has 3 rings (SSSR count). The quantitative estimate of drug-likeness (QED) is 0.178. The molecule has 9 heteroatoms. The maximum Gasteiger partial charge on any atom is 0.269 e. The van der Waals surface area contributed by atoms with E-state index in [-0.39, 0.29) is 32.8 Å². The predicted octanol–water partition coefficient (Wildman–Crippen LogP) is 2.84. The first-order valence-corrected chi connectivity index (χ1v) is 9.16. The maximum absolute atomic E-state index is 10.7. The molecule has 27 heavy (non-hydrogen) atoms. The smallest absolute Gasteiger partial charge is 0.269 e. The number of hydrogen-bond donors (Lipinski definition) is 0. The summed E-state index contributed by atoms with van der Waals surface area (Å²) in [6, 6.07) is 14.3. The van der Waals surface area contributed by atoms with Gasteiger partial charge < -0.3 is 35.1 Å². The van der Waals surface area contributed by atoms with Gasteiger partial charge in [0.15, 0.2) is 0 Å². The molecule has 2 aromatic rings. The minimum atomic E-state index is -0.414. The molecule has 1 fully saturated rings. The number of nitrogens with zero attached hydrogens (tertiary/aromatic N) is 4. The van der Waals surface area contributed by atoms with E-state index >= 15 is 0 Å². The molecular formula is C18H18AuN4O2S2-2. The van der Waals surface area contributed by atoms with Gasteiger partial charge in [0.05, 0.1) is 10.6 Å². The van der Waals surface area contributed by atoms with Crippen molar-refractivity contribution >= 4 is 48.5 Å². The van der Waals surface area contributed by atoms with Gasteiger partial charge in [0.25, 0.3) is 5.69 Å². The molecule has 0 unspecified atom stereocenters. The Morgan fingerprint density at radius 1 is 1.00 bits per heavy atom. The molecule has 6 nitrogen and oxygen atoms in total. The van der Waals surface area contributed by atoms with Crippen LogP contribution in [0.4, 0.5) is 17.1 Å². The second-order valence-corrected chi connectivity index (χ2v) is 7.14. The fourth-order valence-corrected chi connectivity index (χ4v) is 3.19. The van der Waals surface area contributed by atoms with Crippen molar-refractivity contribution < 1.29 is 27.3 Å². The first kappa shape index (κ1) is 22.0. The van der Waals surface area contributed by atoms with Crippen LogP contribution in [-0.2, 0) is 47.6 Å². The minimum Gasteiger partial charge on any atom is -0.800 e. The summed E-state index contributed by atoms with van der Waals surface area (Å²) in [4.78, 5) is 19.1. The average molecular weight is 583 g/mol. The number of nitro benzene ring substituents is 1. The van der Waals surface area contributed by atoms with Gasteiger partial charge in [-0.3, -0.25) is 15.1 Å². The molecule has 0 spiro atoms. The molecule has 0 N–H and O–H groups in total. The van der Waals surface area contributed by atoms with Crippen LogP contribution in [0.1, 0.15) is 5.56 Å². The normalized spacial score (nSPS) is 15.1. The monoisotopic (exact) mass is 583 g/mol. The number of non-ortho nitro benzene ring substituents is 1. The van der Waals surface area contributed by atoms with E-state index in [4.69, 9.17) is 25.3 Å². The molecule has 0 saturated carbocycles.